The molecule has 1 N–H and O–H groups in total. The predicted octanol–water partition coefficient (Wildman–Crippen LogP) is 2.13. The molecule has 2 aromatic rings. The molecule has 0 bridgehead atoms. The minimum Gasteiger partial charge on any atom is -0.259 e. The Morgan fingerprint density at radius 2 is 2.08 bits per heavy atom. The summed E-state index contributed by atoms with van der Waals surface area (Å²) in [6.07, 6.45) is 1.46. The quantitative estimate of drug-likeness (QED) is 0.729. The molecule has 0 saturated heterocycles. The highest BCUT2D eigenvalue weighted by Crippen LogP contribution is 2.23. The SMILES string of the molecule is Clc1ccccc1-c1ncn[nH]1. The molecule has 4 heteroatoms. The Labute approximate surface area is 74.4 Å². The van der Waals surface area contributed by atoms with E-state index in [1.54, 1.807) is 0 Å². The van der Waals surface area contributed by atoms with Gasteiger partial charge in [0.15, 0.2) is 5.82 Å². The molecule has 60 valence electrons. The van der Waals surface area contributed by atoms with Crippen LogP contribution in [0.3, 0.4) is 0 Å². The van der Waals surface area contributed by atoms with Gasteiger partial charge >= 0.3 is 0 Å². The molecule has 2 rings (SSSR count). The number of hydrogen-bond donors (Lipinski definition) is 1. The highest BCUT2D eigenvalue weighted by Gasteiger charge is 2.03. The molecule has 0 unspecified atom stereocenters. The standard InChI is InChI=1S/C8H6ClN3/c9-7-4-2-1-3-6(7)8-10-5-11-12-8/h1-5H,(H,10,11,12). The molecule has 1 heterocycles. The molecule has 0 aliphatic rings. The van der Waals surface area contributed by atoms with Gasteiger partial charge < -0.3 is 0 Å². The summed E-state index contributed by atoms with van der Waals surface area (Å²) in [4.78, 5) is 4.00. The zero-order chi connectivity index (χ0) is 8.39. The Morgan fingerprint density at radius 3 is 2.75 bits per heavy atom. The fourth-order valence-electron chi connectivity index (χ4n) is 0.989. The molecule has 1 aromatic carbocycles. The van der Waals surface area contributed by atoms with E-state index in [0.29, 0.717) is 10.8 Å². The summed E-state index contributed by atoms with van der Waals surface area (Å²) < 4.78 is 0. The van der Waals surface area contributed by atoms with Gasteiger partial charge in [0.1, 0.15) is 6.33 Å². The first-order valence-corrected chi connectivity index (χ1v) is 3.86. The minimum absolute atomic E-state index is 0.675. The van der Waals surface area contributed by atoms with Crippen molar-refractivity contribution in [2.75, 3.05) is 0 Å². The van der Waals surface area contributed by atoms with Crippen LogP contribution in [0.2, 0.25) is 5.02 Å². The van der Waals surface area contributed by atoms with Gasteiger partial charge in [-0.3, -0.25) is 5.10 Å². The molecule has 0 aliphatic heterocycles. The highest BCUT2D eigenvalue weighted by atomic mass is 35.5. The number of halogens is 1. The van der Waals surface area contributed by atoms with Crippen molar-refractivity contribution in [2.45, 2.75) is 0 Å². The average molecular weight is 180 g/mol. The van der Waals surface area contributed by atoms with Crippen LogP contribution in [0.25, 0.3) is 11.4 Å². The molecule has 0 spiro atoms. The first-order chi connectivity index (χ1) is 5.88. The van der Waals surface area contributed by atoms with E-state index < -0.39 is 0 Å². The van der Waals surface area contributed by atoms with Crippen molar-refractivity contribution in [3.05, 3.63) is 35.6 Å². The number of H-pyrrole nitrogens is 1. The molecule has 0 radical (unpaired) electrons. The van der Waals surface area contributed by atoms with Crippen molar-refractivity contribution in [2.24, 2.45) is 0 Å². The normalized spacial score (nSPS) is 10.1. The second-order valence-electron chi connectivity index (χ2n) is 2.31. The van der Waals surface area contributed by atoms with Gasteiger partial charge in [0.25, 0.3) is 0 Å². The molecule has 0 amide bonds. The van der Waals surface area contributed by atoms with E-state index in [9.17, 15) is 0 Å². The van der Waals surface area contributed by atoms with Crippen molar-refractivity contribution >= 4 is 11.6 Å². The van der Waals surface area contributed by atoms with E-state index >= 15 is 0 Å². The maximum Gasteiger partial charge on any atom is 0.156 e. The van der Waals surface area contributed by atoms with E-state index in [2.05, 4.69) is 15.2 Å². The summed E-state index contributed by atoms with van der Waals surface area (Å²) in [5, 5.41) is 7.17. The van der Waals surface area contributed by atoms with Crippen LogP contribution in [-0.4, -0.2) is 15.2 Å². The molecule has 0 aliphatic carbocycles. The lowest BCUT2D eigenvalue weighted by molar-refractivity contribution is 1.10. The monoisotopic (exact) mass is 179 g/mol. The smallest absolute Gasteiger partial charge is 0.156 e. The largest absolute Gasteiger partial charge is 0.259 e. The Kier molecular flexibility index (Phi) is 1.80. The van der Waals surface area contributed by atoms with Crippen LogP contribution in [0.5, 0.6) is 0 Å². The first-order valence-electron chi connectivity index (χ1n) is 3.48. The Bertz CT molecular complexity index is 370. The Morgan fingerprint density at radius 1 is 1.25 bits per heavy atom. The van der Waals surface area contributed by atoms with Gasteiger partial charge in [-0.05, 0) is 12.1 Å². The molecule has 0 saturated carbocycles. The molecule has 1 aromatic heterocycles. The van der Waals surface area contributed by atoms with Gasteiger partial charge in [-0.2, -0.15) is 5.10 Å². The molecule has 0 atom stereocenters. The van der Waals surface area contributed by atoms with Crippen molar-refractivity contribution in [3.63, 3.8) is 0 Å². The number of nitrogens with one attached hydrogen (secondary N) is 1. The summed E-state index contributed by atoms with van der Waals surface area (Å²) in [5.74, 6) is 0.695. The third-order valence-electron chi connectivity index (χ3n) is 1.54. The first kappa shape index (κ1) is 7.31. The van der Waals surface area contributed by atoms with Gasteiger partial charge in [0.2, 0.25) is 0 Å². The molecule has 3 nitrogen and oxygen atoms in total. The van der Waals surface area contributed by atoms with Crippen LogP contribution >= 0.6 is 11.6 Å². The van der Waals surface area contributed by atoms with Crippen LogP contribution in [-0.2, 0) is 0 Å². The Hall–Kier alpha value is -1.35. The lowest BCUT2D eigenvalue weighted by Crippen LogP contribution is -1.80. The van der Waals surface area contributed by atoms with E-state index in [1.807, 2.05) is 24.3 Å². The summed E-state index contributed by atoms with van der Waals surface area (Å²) >= 11 is 5.93. The van der Waals surface area contributed by atoms with Crippen LogP contribution in [0.4, 0.5) is 0 Å². The van der Waals surface area contributed by atoms with E-state index in [1.165, 1.54) is 6.33 Å². The number of aromatic nitrogens is 3. The predicted molar refractivity (Wildman–Crippen MR) is 46.8 cm³/mol. The fraction of sp³-hybridized carbons (Fsp3) is 0. The average Bonchev–Trinajstić information content (AvgIpc) is 2.57. The van der Waals surface area contributed by atoms with Crippen LogP contribution in [0.15, 0.2) is 30.6 Å². The maximum atomic E-state index is 5.93. The molecule has 0 fully saturated rings. The van der Waals surface area contributed by atoms with Crippen molar-refractivity contribution in [3.8, 4) is 11.4 Å². The van der Waals surface area contributed by atoms with E-state index in [4.69, 9.17) is 11.6 Å². The van der Waals surface area contributed by atoms with Crippen LogP contribution in [0, 0.1) is 0 Å². The van der Waals surface area contributed by atoms with Gasteiger partial charge in [-0.15, -0.1) is 0 Å². The van der Waals surface area contributed by atoms with Gasteiger partial charge in [-0.25, -0.2) is 4.98 Å². The zero-order valence-corrected chi connectivity index (χ0v) is 6.92. The van der Waals surface area contributed by atoms with Crippen molar-refractivity contribution in [1.29, 1.82) is 0 Å². The van der Waals surface area contributed by atoms with Crippen LogP contribution < -0.4 is 0 Å². The Balaban J connectivity index is 2.55. The lowest BCUT2D eigenvalue weighted by atomic mass is 10.2. The zero-order valence-electron chi connectivity index (χ0n) is 6.16. The summed E-state index contributed by atoms with van der Waals surface area (Å²) in [6.45, 7) is 0. The summed E-state index contributed by atoms with van der Waals surface area (Å²) in [6, 6.07) is 7.49. The lowest BCUT2D eigenvalue weighted by Gasteiger charge is -1.97. The molecular weight excluding hydrogens is 174 g/mol. The number of aromatic amines is 1. The second-order valence-corrected chi connectivity index (χ2v) is 2.72. The van der Waals surface area contributed by atoms with Gasteiger partial charge in [0, 0.05) is 5.56 Å². The minimum atomic E-state index is 0.675. The number of rotatable bonds is 1. The maximum absolute atomic E-state index is 5.93. The topological polar surface area (TPSA) is 41.6 Å². The van der Waals surface area contributed by atoms with Gasteiger partial charge in [0.05, 0.1) is 5.02 Å². The second kappa shape index (κ2) is 2.95. The fourth-order valence-corrected chi connectivity index (χ4v) is 1.21. The third-order valence-corrected chi connectivity index (χ3v) is 1.87. The number of hydrogen-bond acceptors (Lipinski definition) is 2. The third kappa shape index (κ3) is 1.19. The summed E-state index contributed by atoms with van der Waals surface area (Å²) in [7, 11) is 0. The van der Waals surface area contributed by atoms with E-state index in [-0.39, 0.29) is 0 Å². The summed E-state index contributed by atoms with van der Waals surface area (Å²) in [5.41, 5.74) is 0.872. The number of benzene rings is 1. The van der Waals surface area contributed by atoms with Crippen molar-refractivity contribution < 1.29 is 0 Å². The molecular formula is C8H6ClN3. The highest BCUT2D eigenvalue weighted by molar-refractivity contribution is 6.33. The van der Waals surface area contributed by atoms with Crippen molar-refractivity contribution in [1.82, 2.24) is 15.2 Å². The van der Waals surface area contributed by atoms with Crippen LogP contribution in [0.1, 0.15) is 0 Å². The van der Waals surface area contributed by atoms with E-state index in [0.717, 1.165) is 5.56 Å². The molecule has 12 heavy (non-hydrogen) atoms. The number of nitrogens with zero attached hydrogens (tertiary/aromatic N) is 2. The van der Waals surface area contributed by atoms with Gasteiger partial charge in [-0.1, -0.05) is 23.7 Å².